The summed E-state index contributed by atoms with van der Waals surface area (Å²) in [6.07, 6.45) is -2.97. The van der Waals surface area contributed by atoms with E-state index in [1.165, 1.54) is 18.2 Å². The fourth-order valence-electron chi connectivity index (χ4n) is 1.11. The summed E-state index contributed by atoms with van der Waals surface area (Å²) in [6.45, 7) is 0.948. The van der Waals surface area contributed by atoms with Crippen molar-refractivity contribution in [3.05, 3.63) is 29.8 Å². The first-order valence-corrected chi connectivity index (χ1v) is 5.28. The average molecular weight is 254 g/mol. The van der Waals surface area contributed by atoms with Gasteiger partial charge in [-0.25, -0.2) is 8.78 Å². The summed E-state index contributed by atoms with van der Waals surface area (Å²) in [5, 5.41) is 9.47. The van der Waals surface area contributed by atoms with Crippen molar-refractivity contribution in [2.75, 3.05) is 0 Å². The third kappa shape index (κ3) is 3.12. The van der Waals surface area contributed by atoms with Crippen molar-refractivity contribution < 1.29 is 22.7 Å². The first-order chi connectivity index (χ1) is 7.34. The SMILES string of the molecule is CC(O)(c1cccc(SC(F)F)c1)C(F)F. The lowest BCUT2D eigenvalue weighted by Gasteiger charge is -2.23. The van der Waals surface area contributed by atoms with E-state index in [1.54, 1.807) is 0 Å². The summed E-state index contributed by atoms with van der Waals surface area (Å²) in [5.74, 6) is -2.62. The molecule has 1 atom stereocenters. The maximum absolute atomic E-state index is 12.5. The van der Waals surface area contributed by atoms with Crippen molar-refractivity contribution in [1.82, 2.24) is 0 Å². The van der Waals surface area contributed by atoms with Crippen LogP contribution in [-0.4, -0.2) is 17.3 Å². The number of thioether (sulfide) groups is 1. The quantitative estimate of drug-likeness (QED) is 0.655. The topological polar surface area (TPSA) is 20.2 Å². The van der Waals surface area contributed by atoms with Gasteiger partial charge in [-0.3, -0.25) is 0 Å². The van der Waals surface area contributed by atoms with Crippen molar-refractivity contribution in [1.29, 1.82) is 0 Å². The lowest BCUT2D eigenvalue weighted by molar-refractivity contribution is -0.0884. The van der Waals surface area contributed by atoms with E-state index in [-0.39, 0.29) is 22.2 Å². The van der Waals surface area contributed by atoms with E-state index in [2.05, 4.69) is 0 Å². The molecule has 0 spiro atoms. The standard InChI is InChI=1S/C10H10F4OS/c1-10(15,8(11)12)6-3-2-4-7(5-6)16-9(13)14/h2-5,8-9,15H,1H3. The maximum Gasteiger partial charge on any atom is 0.288 e. The van der Waals surface area contributed by atoms with Crippen LogP contribution in [0.5, 0.6) is 0 Å². The third-order valence-corrected chi connectivity index (χ3v) is 2.77. The van der Waals surface area contributed by atoms with Gasteiger partial charge < -0.3 is 5.11 Å². The Kier molecular flexibility index (Phi) is 4.21. The number of halogens is 4. The highest BCUT2D eigenvalue weighted by Gasteiger charge is 2.34. The summed E-state index contributed by atoms with van der Waals surface area (Å²) in [7, 11) is 0. The molecule has 1 rings (SSSR count). The van der Waals surface area contributed by atoms with Crippen LogP contribution < -0.4 is 0 Å². The zero-order valence-corrected chi connectivity index (χ0v) is 9.15. The molecule has 0 fully saturated rings. The summed E-state index contributed by atoms with van der Waals surface area (Å²) >= 11 is 0.251. The van der Waals surface area contributed by atoms with Gasteiger partial charge in [-0.1, -0.05) is 23.9 Å². The highest BCUT2D eigenvalue weighted by molar-refractivity contribution is 7.99. The fourth-order valence-corrected chi connectivity index (χ4v) is 1.67. The Bertz CT molecular complexity index is 354. The molecule has 0 radical (unpaired) electrons. The molecule has 90 valence electrons. The molecular weight excluding hydrogens is 244 g/mol. The number of rotatable bonds is 4. The Labute approximate surface area is 94.5 Å². The lowest BCUT2D eigenvalue weighted by atomic mass is 9.97. The minimum absolute atomic E-state index is 0.0758. The molecule has 0 saturated heterocycles. The summed E-state index contributed by atoms with van der Waals surface area (Å²) < 4.78 is 49.1. The van der Waals surface area contributed by atoms with E-state index in [9.17, 15) is 22.7 Å². The molecule has 0 aliphatic rings. The number of alkyl halides is 4. The van der Waals surface area contributed by atoms with Gasteiger partial charge in [0.15, 0.2) is 0 Å². The monoisotopic (exact) mass is 254 g/mol. The Hall–Kier alpha value is -0.750. The molecule has 16 heavy (non-hydrogen) atoms. The second-order valence-corrected chi connectivity index (χ2v) is 4.42. The van der Waals surface area contributed by atoms with Gasteiger partial charge in [-0.15, -0.1) is 0 Å². The Morgan fingerprint density at radius 1 is 1.25 bits per heavy atom. The highest BCUT2D eigenvalue weighted by atomic mass is 32.2. The van der Waals surface area contributed by atoms with Gasteiger partial charge in [-0.2, -0.15) is 8.78 Å². The smallest absolute Gasteiger partial charge is 0.288 e. The summed E-state index contributed by atoms with van der Waals surface area (Å²) in [5.41, 5.74) is -2.40. The van der Waals surface area contributed by atoms with Gasteiger partial charge in [0, 0.05) is 4.90 Å². The van der Waals surface area contributed by atoms with Gasteiger partial charge in [0.1, 0.15) is 5.60 Å². The molecule has 1 nitrogen and oxygen atoms in total. The molecule has 0 saturated carbocycles. The Morgan fingerprint density at radius 3 is 2.38 bits per heavy atom. The normalized spacial score (nSPS) is 15.5. The molecule has 1 N–H and O–H groups in total. The number of hydrogen-bond donors (Lipinski definition) is 1. The number of aliphatic hydroxyl groups is 1. The van der Waals surface area contributed by atoms with E-state index in [0.29, 0.717) is 0 Å². The minimum Gasteiger partial charge on any atom is -0.379 e. The molecule has 6 heteroatoms. The van der Waals surface area contributed by atoms with Crippen molar-refractivity contribution in [3.63, 3.8) is 0 Å². The first kappa shape index (κ1) is 13.3. The Morgan fingerprint density at radius 2 is 1.88 bits per heavy atom. The largest absolute Gasteiger partial charge is 0.379 e. The average Bonchev–Trinajstić information content (AvgIpc) is 2.16. The molecule has 0 amide bonds. The first-order valence-electron chi connectivity index (χ1n) is 4.40. The maximum atomic E-state index is 12.5. The predicted molar refractivity (Wildman–Crippen MR) is 53.9 cm³/mol. The molecule has 1 unspecified atom stereocenters. The fraction of sp³-hybridized carbons (Fsp3) is 0.400. The van der Waals surface area contributed by atoms with Crippen LogP contribution in [0.15, 0.2) is 29.2 Å². The second kappa shape index (κ2) is 5.05. The van der Waals surface area contributed by atoms with Gasteiger partial charge in [0.2, 0.25) is 0 Å². The van der Waals surface area contributed by atoms with Gasteiger partial charge >= 0.3 is 0 Å². The van der Waals surface area contributed by atoms with Crippen LogP contribution in [0.25, 0.3) is 0 Å². The van der Waals surface area contributed by atoms with Crippen LogP contribution in [-0.2, 0) is 5.60 Å². The van der Waals surface area contributed by atoms with Gasteiger partial charge in [0.25, 0.3) is 12.2 Å². The zero-order valence-electron chi connectivity index (χ0n) is 8.33. The van der Waals surface area contributed by atoms with Gasteiger partial charge in [0.05, 0.1) is 0 Å². The molecule has 0 aliphatic heterocycles. The van der Waals surface area contributed by atoms with Crippen LogP contribution in [0.4, 0.5) is 17.6 Å². The molecule has 0 bridgehead atoms. The summed E-state index contributed by atoms with van der Waals surface area (Å²) in [6, 6.07) is 5.16. The molecular formula is C10H10F4OS. The Balaban J connectivity index is 2.98. The number of benzene rings is 1. The van der Waals surface area contributed by atoms with Crippen molar-refractivity contribution in [2.24, 2.45) is 0 Å². The van der Waals surface area contributed by atoms with Crippen LogP contribution in [0.1, 0.15) is 12.5 Å². The molecule has 0 aliphatic carbocycles. The van der Waals surface area contributed by atoms with Crippen molar-refractivity contribution >= 4 is 11.8 Å². The second-order valence-electron chi connectivity index (χ2n) is 3.35. The zero-order chi connectivity index (χ0) is 12.3. The van der Waals surface area contributed by atoms with Crippen LogP contribution >= 0.6 is 11.8 Å². The van der Waals surface area contributed by atoms with E-state index in [1.807, 2.05) is 0 Å². The van der Waals surface area contributed by atoms with E-state index < -0.39 is 17.8 Å². The molecule has 1 aromatic rings. The molecule has 0 heterocycles. The van der Waals surface area contributed by atoms with Crippen LogP contribution in [0, 0.1) is 0 Å². The van der Waals surface area contributed by atoms with Crippen molar-refractivity contribution in [3.8, 4) is 0 Å². The summed E-state index contributed by atoms with van der Waals surface area (Å²) in [4.78, 5) is 0.147. The minimum atomic E-state index is -2.97. The van der Waals surface area contributed by atoms with Crippen LogP contribution in [0.3, 0.4) is 0 Å². The highest BCUT2D eigenvalue weighted by Crippen LogP contribution is 2.32. The van der Waals surface area contributed by atoms with E-state index in [4.69, 9.17) is 0 Å². The predicted octanol–water partition coefficient (Wildman–Crippen LogP) is 3.47. The third-order valence-electron chi connectivity index (χ3n) is 2.07. The number of hydrogen-bond acceptors (Lipinski definition) is 2. The molecule has 0 aromatic heterocycles. The molecule has 1 aromatic carbocycles. The van der Waals surface area contributed by atoms with E-state index in [0.717, 1.165) is 13.0 Å². The van der Waals surface area contributed by atoms with Crippen LogP contribution in [0.2, 0.25) is 0 Å². The van der Waals surface area contributed by atoms with Crippen molar-refractivity contribution in [2.45, 2.75) is 29.6 Å². The van der Waals surface area contributed by atoms with E-state index >= 15 is 0 Å². The van der Waals surface area contributed by atoms with Gasteiger partial charge in [-0.05, 0) is 24.6 Å². The lowest BCUT2D eigenvalue weighted by Crippen LogP contribution is -2.30.